The Hall–Kier alpha value is -3.80. The van der Waals surface area contributed by atoms with Crippen LogP contribution in [0.3, 0.4) is 0 Å². The van der Waals surface area contributed by atoms with Crippen LogP contribution in [-0.4, -0.2) is 24.5 Å². The molecule has 31 heavy (non-hydrogen) atoms. The van der Waals surface area contributed by atoms with Crippen molar-refractivity contribution < 1.29 is 19.1 Å². The highest BCUT2D eigenvalue weighted by molar-refractivity contribution is 6.04. The van der Waals surface area contributed by atoms with Crippen LogP contribution >= 0.6 is 0 Å². The minimum atomic E-state index is -0.170. The maximum Gasteiger partial charge on any atom is 0.255 e. The van der Waals surface area contributed by atoms with Gasteiger partial charge in [-0.25, -0.2) is 0 Å². The Kier molecular flexibility index (Phi) is 6.17. The van der Waals surface area contributed by atoms with Crippen molar-refractivity contribution in [3.63, 3.8) is 0 Å². The topological polar surface area (TPSA) is 76.7 Å². The lowest BCUT2D eigenvalue weighted by Crippen LogP contribution is -2.30. The van der Waals surface area contributed by atoms with Crippen molar-refractivity contribution in [2.45, 2.75) is 25.9 Å². The Morgan fingerprint density at radius 1 is 0.935 bits per heavy atom. The van der Waals surface area contributed by atoms with E-state index in [9.17, 15) is 9.59 Å². The first-order chi connectivity index (χ1) is 15.1. The van der Waals surface area contributed by atoms with Gasteiger partial charge >= 0.3 is 0 Å². The molecule has 1 aliphatic heterocycles. The van der Waals surface area contributed by atoms with Gasteiger partial charge in [-0.05, 0) is 61.4 Å². The van der Waals surface area contributed by atoms with Crippen LogP contribution < -0.4 is 20.1 Å². The number of aryl methyl sites for hydroxylation is 1. The fraction of sp³-hybridized carbons (Fsp3) is 0.200. The van der Waals surface area contributed by atoms with Crippen molar-refractivity contribution >= 4 is 23.2 Å². The Labute approximate surface area is 181 Å². The van der Waals surface area contributed by atoms with Gasteiger partial charge in [0.1, 0.15) is 12.7 Å². The van der Waals surface area contributed by atoms with Gasteiger partial charge in [-0.3, -0.25) is 9.59 Å². The normalized spacial score (nSPS) is 14.5. The van der Waals surface area contributed by atoms with E-state index in [1.807, 2.05) is 55.5 Å². The number of nitrogens with one attached hydrogen (secondary N) is 2. The van der Waals surface area contributed by atoms with E-state index >= 15 is 0 Å². The largest absolute Gasteiger partial charge is 0.486 e. The van der Waals surface area contributed by atoms with E-state index < -0.39 is 0 Å². The second kappa shape index (κ2) is 9.34. The van der Waals surface area contributed by atoms with Crippen LogP contribution in [0.25, 0.3) is 0 Å². The highest BCUT2D eigenvalue weighted by atomic mass is 16.6. The van der Waals surface area contributed by atoms with Crippen molar-refractivity contribution in [1.29, 1.82) is 0 Å². The zero-order valence-corrected chi connectivity index (χ0v) is 17.3. The average Bonchev–Trinajstić information content (AvgIpc) is 2.80. The van der Waals surface area contributed by atoms with E-state index in [0.717, 1.165) is 11.3 Å². The molecule has 3 aromatic rings. The zero-order chi connectivity index (χ0) is 21.6. The smallest absolute Gasteiger partial charge is 0.255 e. The van der Waals surface area contributed by atoms with Gasteiger partial charge in [0.2, 0.25) is 5.91 Å². The second-order valence-electron chi connectivity index (χ2n) is 7.43. The molecule has 0 aliphatic carbocycles. The predicted octanol–water partition coefficient (Wildman–Crippen LogP) is 4.81. The molecule has 1 heterocycles. The molecule has 4 rings (SSSR count). The van der Waals surface area contributed by atoms with Crippen molar-refractivity contribution in [2.75, 3.05) is 17.2 Å². The fourth-order valence-corrected chi connectivity index (χ4v) is 3.39. The summed E-state index contributed by atoms with van der Waals surface area (Å²) in [5, 5.41) is 5.81. The van der Waals surface area contributed by atoms with Crippen molar-refractivity contribution in [2.24, 2.45) is 0 Å². The molecule has 1 atom stereocenters. The number of carbonyl (C=O) groups is 2. The lowest BCUT2D eigenvalue weighted by Gasteiger charge is -2.26. The number of anilines is 2. The number of para-hydroxylation sites is 2. The van der Waals surface area contributed by atoms with E-state index in [0.29, 0.717) is 42.1 Å². The van der Waals surface area contributed by atoms with E-state index in [1.165, 1.54) is 0 Å². The predicted molar refractivity (Wildman–Crippen MR) is 120 cm³/mol. The summed E-state index contributed by atoms with van der Waals surface area (Å²) in [6.45, 7) is 2.32. The first-order valence-corrected chi connectivity index (χ1v) is 10.2. The summed E-state index contributed by atoms with van der Waals surface area (Å²) in [5.41, 5.74) is 2.85. The number of ether oxygens (including phenoxy) is 2. The Balaban J connectivity index is 1.29. The fourth-order valence-electron chi connectivity index (χ4n) is 3.39. The third-order valence-corrected chi connectivity index (χ3v) is 5.06. The standard InChI is InChI=1S/C25H24N2O4/c1-17-15-19(11-13-21(17)27-25(29)18-7-3-2-4-8-18)26-24(28)14-12-20-16-30-22-9-5-6-10-23(22)31-20/h2-11,13,15,20H,12,14,16H2,1H3,(H,26,28)(H,27,29)/t20-/m1/s1. The second-order valence-corrected chi connectivity index (χ2v) is 7.43. The van der Waals surface area contributed by atoms with Crippen LogP contribution in [0.4, 0.5) is 11.4 Å². The van der Waals surface area contributed by atoms with Gasteiger partial charge in [0.25, 0.3) is 5.91 Å². The Bertz CT molecular complexity index is 1080. The molecule has 2 N–H and O–H groups in total. The van der Waals surface area contributed by atoms with Crippen LogP contribution in [-0.2, 0) is 4.79 Å². The molecule has 2 amide bonds. The van der Waals surface area contributed by atoms with Gasteiger partial charge < -0.3 is 20.1 Å². The van der Waals surface area contributed by atoms with E-state index in [4.69, 9.17) is 9.47 Å². The van der Waals surface area contributed by atoms with Gasteiger partial charge in [0.15, 0.2) is 11.5 Å². The first-order valence-electron chi connectivity index (χ1n) is 10.2. The van der Waals surface area contributed by atoms with Crippen molar-refractivity contribution in [3.05, 3.63) is 83.9 Å². The van der Waals surface area contributed by atoms with E-state index in [1.54, 1.807) is 24.3 Å². The number of hydrogen-bond donors (Lipinski definition) is 2. The third-order valence-electron chi connectivity index (χ3n) is 5.06. The van der Waals surface area contributed by atoms with Gasteiger partial charge in [-0.2, -0.15) is 0 Å². The van der Waals surface area contributed by atoms with Crippen LogP contribution in [0.1, 0.15) is 28.8 Å². The molecular formula is C25H24N2O4. The molecule has 0 unspecified atom stereocenters. The maximum absolute atomic E-state index is 12.4. The minimum absolute atomic E-state index is 0.0945. The molecule has 1 aliphatic rings. The molecular weight excluding hydrogens is 392 g/mol. The number of hydrogen-bond acceptors (Lipinski definition) is 4. The lowest BCUT2D eigenvalue weighted by molar-refractivity contribution is -0.116. The number of carbonyl (C=O) groups excluding carboxylic acids is 2. The molecule has 0 radical (unpaired) electrons. The monoisotopic (exact) mass is 416 g/mol. The number of benzene rings is 3. The molecule has 0 saturated heterocycles. The molecule has 158 valence electrons. The van der Waals surface area contributed by atoms with E-state index in [-0.39, 0.29) is 17.9 Å². The van der Waals surface area contributed by atoms with Crippen molar-refractivity contribution in [1.82, 2.24) is 0 Å². The first kappa shape index (κ1) is 20.5. The summed E-state index contributed by atoms with van der Waals surface area (Å²) in [7, 11) is 0. The molecule has 0 spiro atoms. The quantitative estimate of drug-likeness (QED) is 0.605. The Morgan fingerprint density at radius 2 is 1.68 bits per heavy atom. The number of fused-ring (bicyclic) bond motifs is 1. The zero-order valence-electron chi connectivity index (χ0n) is 17.3. The van der Waals surface area contributed by atoms with Gasteiger partial charge in [0, 0.05) is 23.4 Å². The van der Waals surface area contributed by atoms with Gasteiger partial charge in [-0.1, -0.05) is 30.3 Å². The maximum atomic E-state index is 12.4. The highest BCUT2D eigenvalue weighted by Gasteiger charge is 2.21. The molecule has 0 aromatic heterocycles. The summed E-state index contributed by atoms with van der Waals surface area (Å²) < 4.78 is 11.6. The van der Waals surface area contributed by atoms with Crippen molar-refractivity contribution in [3.8, 4) is 11.5 Å². The van der Waals surface area contributed by atoms with Gasteiger partial charge in [-0.15, -0.1) is 0 Å². The minimum Gasteiger partial charge on any atom is -0.486 e. The van der Waals surface area contributed by atoms with Crippen LogP contribution in [0.15, 0.2) is 72.8 Å². The summed E-state index contributed by atoms with van der Waals surface area (Å²) in [5.74, 6) is 1.18. The van der Waals surface area contributed by atoms with Crippen LogP contribution in [0.2, 0.25) is 0 Å². The molecule has 6 heteroatoms. The summed E-state index contributed by atoms with van der Waals surface area (Å²) >= 11 is 0. The van der Waals surface area contributed by atoms with Gasteiger partial charge in [0.05, 0.1) is 0 Å². The molecule has 3 aromatic carbocycles. The number of rotatable bonds is 6. The molecule has 6 nitrogen and oxygen atoms in total. The summed E-state index contributed by atoms with van der Waals surface area (Å²) in [4.78, 5) is 24.7. The summed E-state index contributed by atoms with van der Waals surface area (Å²) in [6, 6.07) is 22.0. The third kappa shape index (κ3) is 5.22. The molecule has 0 bridgehead atoms. The highest BCUT2D eigenvalue weighted by Crippen LogP contribution is 2.31. The van der Waals surface area contributed by atoms with E-state index in [2.05, 4.69) is 10.6 Å². The van der Waals surface area contributed by atoms with Crippen LogP contribution in [0, 0.1) is 6.92 Å². The summed E-state index contributed by atoms with van der Waals surface area (Å²) in [6.07, 6.45) is 0.726. The SMILES string of the molecule is Cc1cc(NC(=O)CC[C@@H]2COc3ccccc3O2)ccc1NC(=O)c1ccccc1. The Morgan fingerprint density at radius 3 is 2.45 bits per heavy atom. The molecule has 0 fully saturated rings. The lowest BCUT2D eigenvalue weighted by atomic mass is 10.1. The molecule has 0 saturated carbocycles. The van der Waals surface area contributed by atoms with Crippen LogP contribution in [0.5, 0.6) is 11.5 Å². The average molecular weight is 416 g/mol. The number of amides is 2.